The molecule has 1 aliphatic rings. The molecule has 12 rings (SSSR count). The number of hydrogen-bond acceptors (Lipinski definition) is 4. The van der Waals surface area contributed by atoms with Crippen molar-refractivity contribution in [2.75, 3.05) is 0 Å². The van der Waals surface area contributed by atoms with E-state index in [0.29, 0.717) is 17.5 Å². The van der Waals surface area contributed by atoms with Gasteiger partial charge in [-0.2, -0.15) is 0 Å². The summed E-state index contributed by atoms with van der Waals surface area (Å²) in [4.78, 5) is 15.7. The third-order valence-electron chi connectivity index (χ3n) is 11.7. The largest absolute Gasteiger partial charge is 0.456 e. The Morgan fingerprint density at radius 3 is 1.76 bits per heavy atom. The normalized spacial score (nSPS) is 11.9. The molecule has 0 saturated carbocycles. The van der Waals surface area contributed by atoms with Crippen molar-refractivity contribution >= 4 is 43.1 Å². The Hall–Kier alpha value is -7.95. The molecule has 0 spiro atoms. The van der Waals surface area contributed by atoms with Gasteiger partial charge in [0, 0.05) is 27.6 Å². The molecule has 0 bridgehead atoms. The molecule has 0 fully saturated rings. The fourth-order valence-corrected chi connectivity index (χ4v) is 8.92. The van der Waals surface area contributed by atoms with Crippen LogP contribution in [0.3, 0.4) is 0 Å². The maximum absolute atomic E-state index is 6.46. The number of benzene rings is 10. The molecular weight excluding hydrogens is 719 g/mol. The summed E-state index contributed by atoms with van der Waals surface area (Å²) in [5, 5.41) is 9.66. The van der Waals surface area contributed by atoms with Gasteiger partial charge < -0.3 is 4.74 Å². The van der Waals surface area contributed by atoms with Crippen LogP contribution < -0.4 is 4.74 Å². The Bertz CT molecular complexity index is 3460. The molecule has 4 heteroatoms. The SMILES string of the molecule is c1ccc(-c2ccccc2-c2nc(-c3ccc(-c4c5ccccc5cc5c4ccc4ccccc45)cc3)nc(-c3ccc4c(c3)-c3cccc5cccc(c35)O4)n2)cc1. The summed E-state index contributed by atoms with van der Waals surface area (Å²) in [6.45, 7) is 0. The van der Waals surface area contributed by atoms with E-state index < -0.39 is 0 Å². The van der Waals surface area contributed by atoms with Crippen molar-refractivity contribution in [1.29, 1.82) is 0 Å². The van der Waals surface area contributed by atoms with Crippen molar-refractivity contribution < 1.29 is 4.74 Å². The first kappa shape index (κ1) is 33.2. The molecule has 1 aliphatic heterocycles. The van der Waals surface area contributed by atoms with Crippen LogP contribution >= 0.6 is 0 Å². The highest BCUT2D eigenvalue weighted by molar-refractivity contribution is 6.20. The highest BCUT2D eigenvalue weighted by atomic mass is 16.5. The summed E-state index contributed by atoms with van der Waals surface area (Å²) in [7, 11) is 0. The number of hydrogen-bond donors (Lipinski definition) is 0. The van der Waals surface area contributed by atoms with Crippen molar-refractivity contribution in [3.8, 4) is 79.0 Å². The monoisotopic (exact) mass is 751 g/mol. The first-order chi connectivity index (χ1) is 29.2. The van der Waals surface area contributed by atoms with Crippen LogP contribution in [-0.2, 0) is 0 Å². The zero-order valence-electron chi connectivity index (χ0n) is 31.8. The Kier molecular flexibility index (Phi) is 7.50. The van der Waals surface area contributed by atoms with Gasteiger partial charge in [-0.1, -0.05) is 170 Å². The minimum Gasteiger partial charge on any atom is -0.456 e. The van der Waals surface area contributed by atoms with Crippen molar-refractivity contribution in [2.24, 2.45) is 0 Å². The molecule has 2 heterocycles. The van der Waals surface area contributed by atoms with Crippen molar-refractivity contribution in [3.63, 3.8) is 0 Å². The minimum atomic E-state index is 0.595. The van der Waals surface area contributed by atoms with Gasteiger partial charge in [-0.05, 0) is 95.9 Å². The topological polar surface area (TPSA) is 47.9 Å². The Morgan fingerprint density at radius 2 is 0.915 bits per heavy atom. The second-order valence-electron chi connectivity index (χ2n) is 15.1. The van der Waals surface area contributed by atoms with Gasteiger partial charge >= 0.3 is 0 Å². The molecule has 1 aromatic heterocycles. The highest BCUT2D eigenvalue weighted by Crippen LogP contribution is 2.47. The van der Waals surface area contributed by atoms with Crippen LogP contribution in [0.15, 0.2) is 200 Å². The molecule has 10 aromatic carbocycles. The third-order valence-corrected chi connectivity index (χ3v) is 11.7. The van der Waals surface area contributed by atoms with Gasteiger partial charge in [0.25, 0.3) is 0 Å². The lowest BCUT2D eigenvalue weighted by atomic mass is 9.89. The molecule has 0 amide bonds. The Balaban J connectivity index is 1.03. The highest BCUT2D eigenvalue weighted by Gasteiger charge is 2.22. The van der Waals surface area contributed by atoms with Gasteiger partial charge in [-0.15, -0.1) is 0 Å². The van der Waals surface area contributed by atoms with E-state index in [-0.39, 0.29) is 0 Å². The van der Waals surface area contributed by atoms with Crippen LogP contribution in [-0.4, -0.2) is 15.0 Å². The van der Waals surface area contributed by atoms with Gasteiger partial charge in [-0.3, -0.25) is 0 Å². The average Bonchev–Trinajstić information content (AvgIpc) is 3.31. The molecule has 4 nitrogen and oxygen atoms in total. The van der Waals surface area contributed by atoms with Crippen LogP contribution in [0.1, 0.15) is 0 Å². The molecule has 0 radical (unpaired) electrons. The second-order valence-corrected chi connectivity index (χ2v) is 15.1. The number of nitrogens with zero attached hydrogens (tertiary/aromatic N) is 3. The molecule has 0 N–H and O–H groups in total. The van der Waals surface area contributed by atoms with Gasteiger partial charge in [0.2, 0.25) is 0 Å². The van der Waals surface area contributed by atoms with E-state index in [4.69, 9.17) is 19.7 Å². The van der Waals surface area contributed by atoms with E-state index in [2.05, 4.69) is 170 Å². The Morgan fingerprint density at radius 1 is 0.288 bits per heavy atom. The van der Waals surface area contributed by atoms with E-state index in [0.717, 1.165) is 66.8 Å². The fraction of sp³-hybridized carbons (Fsp3) is 0. The van der Waals surface area contributed by atoms with Crippen LogP contribution in [0.4, 0.5) is 0 Å². The number of aromatic nitrogens is 3. The molecule has 0 aliphatic carbocycles. The van der Waals surface area contributed by atoms with Gasteiger partial charge in [0.05, 0.1) is 0 Å². The molecule has 11 aromatic rings. The number of fused-ring (bicyclic) bond motifs is 6. The third kappa shape index (κ3) is 5.49. The summed E-state index contributed by atoms with van der Waals surface area (Å²) in [5.74, 6) is 3.50. The molecular formula is C55H33N3O. The van der Waals surface area contributed by atoms with E-state index >= 15 is 0 Å². The standard InChI is InChI=1S/C55H33N3O/c1-2-12-34(13-3-1)41-18-8-9-21-46(41)55-57-53(56-54(58-55)40-29-31-49-48(33-40)44-22-10-16-36-17-11-23-50(59-49)52(36)44)38-26-24-37(25-27-38)51-43-20-7-5-15-39(43)32-47-42-19-6-4-14-35(42)28-30-45(47)51/h1-33H. The maximum atomic E-state index is 6.46. The number of rotatable bonds is 5. The lowest BCUT2D eigenvalue weighted by Gasteiger charge is -2.21. The van der Waals surface area contributed by atoms with Crippen LogP contribution in [0, 0.1) is 0 Å². The summed E-state index contributed by atoms with van der Waals surface area (Å²) < 4.78 is 6.46. The first-order valence-corrected chi connectivity index (χ1v) is 19.9. The van der Waals surface area contributed by atoms with Gasteiger partial charge in [0.15, 0.2) is 17.5 Å². The molecule has 0 unspecified atom stereocenters. The maximum Gasteiger partial charge on any atom is 0.164 e. The smallest absolute Gasteiger partial charge is 0.164 e. The molecule has 59 heavy (non-hydrogen) atoms. The predicted octanol–water partition coefficient (Wildman–Crippen LogP) is 14.6. The van der Waals surface area contributed by atoms with Crippen LogP contribution in [0.25, 0.3) is 111 Å². The summed E-state index contributed by atoms with van der Waals surface area (Å²) in [6.07, 6.45) is 0. The fourth-order valence-electron chi connectivity index (χ4n) is 8.92. The average molecular weight is 752 g/mol. The van der Waals surface area contributed by atoms with Crippen molar-refractivity contribution in [1.82, 2.24) is 15.0 Å². The second kappa shape index (κ2) is 13.3. The van der Waals surface area contributed by atoms with Crippen molar-refractivity contribution in [3.05, 3.63) is 200 Å². The van der Waals surface area contributed by atoms with E-state index in [1.54, 1.807) is 0 Å². The minimum absolute atomic E-state index is 0.595. The summed E-state index contributed by atoms with van der Waals surface area (Å²) in [6, 6.07) is 70.5. The lowest BCUT2D eigenvalue weighted by molar-refractivity contribution is 0.487. The van der Waals surface area contributed by atoms with Gasteiger partial charge in [-0.25, -0.2) is 15.0 Å². The summed E-state index contributed by atoms with van der Waals surface area (Å²) >= 11 is 0. The lowest BCUT2D eigenvalue weighted by Crippen LogP contribution is -2.02. The predicted molar refractivity (Wildman–Crippen MR) is 243 cm³/mol. The first-order valence-electron chi connectivity index (χ1n) is 19.9. The van der Waals surface area contributed by atoms with E-state index in [1.165, 1.54) is 37.9 Å². The zero-order chi connectivity index (χ0) is 38.9. The van der Waals surface area contributed by atoms with Crippen LogP contribution in [0.5, 0.6) is 11.5 Å². The molecule has 0 atom stereocenters. The van der Waals surface area contributed by atoms with Gasteiger partial charge in [0.1, 0.15) is 11.5 Å². The Labute approximate surface area is 340 Å². The zero-order valence-corrected chi connectivity index (χ0v) is 31.8. The van der Waals surface area contributed by atoms with E-state index in [1.807, 2.05) is 30.3 Å². The molecule has 0 saturated heterocycles. The van der Waals surface area contributed by atoms with Crippen LogP contribution in [0.2, 0.25) is 0 Å². The summed E-state index contributed by atoms with van der Waals surface area (Å²) in [5.41, 5.74) is 9.40. The quantitative estimate of drug-likeness (QED) is 0.130. The van der Waals surface area contributed by atoms with E-state index in [9.17, 15) is 0 Å². The molecule has 274 valence electrons. The number of ether oxygens (including phenoxy) is 1. The van der Waals surface area contributed by atoms with Crippen molar-refractivity contribution in [2.45, 2.75) is 0 Å².